The Kier molecular flexibility index (Phi) is 8.17. The van der Waals surface area contributed by atoms with Gasteiger partial charge in [-0.3, -0.25) is 19.3 Å². The Morgan fingerprint density at radius 2 is 1.61 bits per heavy atom. The molecule has 1 heterocycles. The maximum Gasteiger partial charge on any atom is 0.254 e. The van der Waals surface area contributed by atoms with Gasteiger partial charge in [-0.15, -0.1) is 0 Å². The minimum atomic E-state index is -0.624. The van der Waals surface area contributed by atoms with Crippen molar-refractivity contribution in [1.29, 1.82) is 0 Å². The minimum Gasteiger partial charge on any atom is -0.375 e. The molecule has 1 aliphatic heterocycles. The number of ether oxygens (including phenoxy) is 1. The van der Waals surface area contributed by atoms with E-state index in [1.54, 1.807) is 7.05 Å². The van der Waals surface area contributed by atoms with E-state index in [9.17, 15) is 14.4 Å². The molecule has 0 bridgehead atoms. The van der Waals surface area contributed by atoms with Gasteiger partial charge >= 0.3 is 0 Å². The van der Waals surface area contributed by atoms with Gasteiger partial charge < -0.3 is 10.1 Å². The van der Waals surface area contributed by atoms with Crippen LogP contribution in [0.2, 0.25) is 0 Å². The van der Waals surface area contributed by atoms with Crippen molar-refractivity contribution in [2.75, 3.05) is 13.7 Å². The second-order valence-electron chi connectivity index (χ2n) is 6.37. The molecule has 0 radical (unpaired) electrons. The van der Waals surface area contributed by atoms with Gasteiger partial charge in [0.05, 0.1) is 12.0 Å². The van der Waals surface area contributed by atoms with Crippen LogP contribution >= 0.6 is 0 Å². The van der Waals surface area contributed by atoms with Crippen LogP contribution in [0.15, 0.2) is 12.2 Å². The second kappa shape index (κ2) is 8.82. The van der Waals surface area contributed by atoms with Crippen molar-refractivity contribution in [3.8, 4) is 0 Å². The minimum absolute atomic E-state index is 0.0895. The van der Waals surface area contributed by atoms with Crippen LogP contribution in [0.1, 0.15) is 54.4 Å². The average Bonchev–Trinajstić information content (AvgIpc) is 2.79. The highest BCUT2D eigenvalue weighted by molar-refractivity contribution is 6.13. The Labute approximate surface area is 139 Å². The Hall–Kier alpha value is -1.69. The molecule has 0 aromatic heterocycles. The first kappa shape index (κ1) is 21.3. The summed E-state index contributed by atoms with van der Waals surface area (Å²) < 4.78 is 5.74. The number of hydrogen-bond donors (Lipinski definition) is 1. The number of carbonyl (C=O) groups is 3. The summed E-state index contributed by atoms with van der Waals surface area (Å²) in [5.41, 5.74) is -1.21. The monoisotopic (exact) mass is 326 g/mol. The number of nitrogens with one attached hydrogen (secondary N) is 1. The van der Waals surface area contributed by atoms with Gasteiger partial charge in [-0.25, -0.2) is 0 Å². The molecule has 0 atom stereocenters. The van der Waals surface area contributed by atoms with E-state index in [1.165, 1.54) is 17.1 Å². The van der Waals surface area contributed by atoms with Crippen LogP contribution in [-0.2, 0) is 19.1 Å². The molecule has 1 N–H and O–H groups in total. The van der Waals surface area contributed by atoms with Crippen molar-refractivity contribution in [2.24, 2.45) is 0 Å². The zero-order valence-corrected chi connectivity index (χ0v) is 15.4. The van der Waals surface area contributed by atoms with Crippen LogP contribution in [0.4, 0.5) is 0 Å². The molecule has 6 heteroatoms. The molecule has 0 saturated carbocycles. The smallest absolute Gasteiger partial charge is 0.254 e. The number of carbonyl (C=O) groups excluding carboxylic acids is 3. The quantitative estimate of drug-likeness (QED) is 0.726. The molecule has 3 amide bonds. The summed E-state index contributed by atoms with van der Waals surface area (Å²) in [5.74, 6) is -0.683. The molecule has 23 heavy (non-hydrogen) atoms. The highest BCUT2D eigenvalue weighted by atomic mass is 16.5. The molecule has 0 spiro atoms. The number of nitrogens with zero attached hydrogens (tertiary/aromatic N) is 1. The van der Waals surface area contributed by atoms with Gasteiger partial charge in [0, 0.05) is 31.3 Å². The largest absolute Gasteiger partial charge is 0.375 e. The van der Waals surface area contributed by atoms with E-state index >= 15 is 0 Å². The molecule has 0 aromatic rings. The number of amides is 3. The summed E-state index contributed by atoms with van der Waals surface area (Å²) in [6.07, 6.45) is 3.32. The van der Waals surface area contributed by atoms with Crippen LogP contribution in [0, 0.1) is 0 Å². The van der Waals surface area contributed by atoms with Crippen LogP contribution < -0.4 is 5.32 Å². The summed E-state index contributed by atoms with van der Waals surface area (Å²) in [4.78, 5) is 36.0. The van der Waals surface area contributed by atoms with E-state index in [0.29, 0.717) is 13.0 Å². The fraction of sp³-hybridized carbons (Fsp3) is 0.706. The highest BCUT2D eigenvalue weighted by Gasteiger charge is 2.37. The fourth-order valence-corrected chi connectivity index (χ4v) is 2.21. The van der Waals surface area contributed by atoms with Gasteiger partial charge in [-0.2, -0.15) is 0 Å². The van der Waals surface area contributed by atoms with E-state index < -0.39 is 11.1 Å². The van der Waals surface area contributed by atoms with Crippen LogP contribution in [0.5, 0.6) is 0 Å². The maximum absolute atomic E-state index is 11.7. The Balaban J connectivity index is 0.00000232. The van der Waals surface area contributed by atoms with E-state index in [4.69, 9.17) is 4.74 Å². The number of hydrogen-bond acceptors (Lipinski definition) is 4. The van der Waals surface area contributed by atoms with Crippen molar-refractivity contribution in [2.45, 2.75) is 65.5 Å². The van der Waals surface area contributed by atoms with Crippen LogP contribution in [0.3, 0.4) is 0 Å². The van der Waals surface area contributed by atoms with Gasteiger partial charge in [0.15, 0.2) is 0 Å². The fourth-order valence-electron chi connectivity index (χ4n) is 2.21. The van der Waals surface area contributed by atoms with Gasteiger partial charge in [0.1, 0.15) is 0 Å². The molecular formula is C17H30N2O4. The highest BCUT2D eigenvalue weighted by Crippen LogP contribution is 2.24. The first-order valence-electron chi connectivity index (χ1n) is 8.00. The maximum atomic E-state index is 11.7. The third-order valence-corrected chi connectivity index (χ3v) is 3.49. The molecule has 0 unspecified atom stereocenters. The predicted octanol–water partition coefficient (Wildman–Crippen LogP) is 2.04. The Morgan fingerprint density at radius 3 is 2.04 bits per heavy atom. The second-order valence-corrected chi connectivity index (χ2v) is 6.37. The topological polar surface area (TPSA) is 75.7 Å². The summed E-state index contributed by atoms with van der Waals surface area (Å²) in [6, 6.07) is 0. The summed E-state index contributed by atoms with van der Waals surface area (Å²) >= 11 is 0. The van der Waals surface area contributed by atoms with Gasteiger partial charge in [0.2, 0.25) is 5.91 Å². The molecule has 0 saturated heterocycles. The SMILES string of the molecule is CC.CNC(=O)CC(C)(C)OCCC(C)(C)N1C(=O)C=CC1=O. The Bertz CT molecular complexity index is 449. The van der Waals surface area contributed by atoms with Gasteiger partial charge in [0.25, 0.3) is 11.8 Å². The van der Waals surface area contributed by atoms with Gasteiger partial charge in [-0.1, -0.05) is 13.8 Å². The van der Waals surface area contributed by atoms with Crippen molar-refractivity contribution in [1.82, 2.24) is 10.2 Å². The van der Waals surface area contributed by atoms with E-state index in [2.05, 4.69) is 5.32 Å². The zero-order chi connectivity index (χ0) is 18.3. The lowest BCUT2D eigenvalue weighted by Gasteiger charge is -2.35. The van der Waals surface area contributed by atoms with Crippen molar-refractivity contribution >= 4 is 17.7 Å². The van der Waals surface area contributed by atoms with E-state index in [-0.39, 0.29) is 24.1 Å². The van der Waals surface area contributed by atoms with E-state index in [1.807, 2.05) is 41.5 Å². The van der Waals surface area contributed by atoms with Crippen LogP contribution in [0.25, 0.3) is 0 Å². The first-order valence-corrected chi connectivity index (χ1v) is 8.00. The average molecular weight is 326 g/mol. The molecule has 6 nitrogen and oxygen atoms in total. The summed E-state index contributed by atoms with van der Waals surface area (Å²) in [6.45, 7) is 11.7. The third-order valence-electron chi connectivity index (χ3n) is 3.49. The standard InChI is InChI=1S/C15H24N2O4.C2H6/c1-14(2,17-12(19)6-7-13(17)20)8-9-21-15(3,4)10-11(18)16-5;1-2/h6-7H,8-10H2,1-5H3,(H,16,18);1-2H3. The van der Waals surface area contributed by atoms with Crippen molar-refractivity contribution in [3.63, 3.8) is 0 Å². The molecule has 1 aliphatic rings. The third kappa shape index (κ3) is 6.52. The molecule has 0 aromatic carbocycles. The molecule has 1 rings (SSSR count). The van der Waals surface area contributed by atoms with Gasteiger partial charge in [-0.05, 0) is 34.1 Å². The lowest BCUT2D eigenvalue weighted by Crippen LogP contribution is -2.48. The normalized spacial score (nSPS) is 14.7. The number of imide groups is 1. The van der Waals surface area contributed by atoms with Crippen molar-refractivity contribution < 1.29 is 19.1 Å². The summed E-state index contributed by atoms with van der Waals surface area (Å²) in [5, 5.41) is 2.56. The van der Waals surface area contributed by atoms with E-state index in [0.717, 1.165) is 0 Å². The molecular weight excluding hydrogens is 296 g/mol. The first-order chi connectivity index (χ1) is 10.6. The zero-order valence-electron chi connectivity index (χ0n) is 15.4. The number of rotatable bonds is 7. The predicted molar refractivity (Wildman–Crippen MR) is 89.8 cm³/mol. The summed E-state index contributed by atoms with van der Waals surface area (Å²) in [7, 11) is 1.58. The molecule has 0 aliphatic carbocycles. The lowest BCUT2D eigenvalue weighted by molar-refractivity contribution is -0.144. The Morgan fingerprint density at radius 1 is 1.13 bits per heavy atom. The van der Waals surface area contributed by atoms with Crippen molar-refractivity contribution in [3.05, 3.63) is 12.2 Å². The molecule has 132 valence electrons. The van der Waals surface area contributed by atoms with Crippen LogP contribution in [-0.4, -0.2) is 47.4 Å². The lowest BCUT2D eigenvalue weighted by atomic mass is 9.98. The molecule has 0 fully saturated rings.